The summed E-state index contributed by atoms with van der Waals surface area (Å²) in [5, 5.41) is 5.57. The van der Waals surface area contributed by atoms with Gasteiger partial charge in [-0.15, -0.1) is 0 Å². The molecule has 0 unspecified atom stereocenters. The molecule has 0 aromatic heterocycles. The van der Waals surface area contributed by atoms with Crippen LogP contribution in [0.25, 0.3) is 0 Å². The Hall–Kier alpha value is -1.89. The monoisotopic (exact) mass is 336 g/mol. The van der Waals surface area contributed by atoms with Crippen molar-refractivity contribution in [1.82, 2.24) is 0 Å². The van der Waals surface area contributed by atoms with Gasteiger partial charge in [-0.25, -0.2) is 8.42 Å². The van der Waals surface area contributed by atoms with Gasteiger partial charge in [0.2, 0.25) is 11.8 Å². The molecule has 7 heteroatoms. The lowest BCUT2D eigenvalue weighted by atomic mass is 9.83. The Morgan fingerprint density at radius 2 is 1.96 bits per heavy atom. The third-order valence-corrected chi connectivity index (χ3v) is 6.79. The lowest BCUT2D eigenvalue weighted by Gasteiger charge is -2.38. The minimum absolute atomic E-state index is 0.00830. The summed E-state index contributed by atoms with van der Waals surface area (Å²) in [5.41, 5.74) is 2.28. The number of fused-ring (bicyclic) bond motifs is 1. The van der Waals surface area contributed by atoms with Crippen molar-refractivity contribution in [3.05, 3.63) is 23.8 Å². The van der Waals surface area contributed by atoms with Gasteiger partial charge in [-0.1, -0.05) is 0 Å². The Bertz CT molecular complexity index is 766. The van der Waals surface area contributed by atoms with Crippen molar-refractivity contribution in [1.29, 1.82) is 0 Å². The third-order valence-electron chi connectivity index (χ3n) is 4.77. The number of carbonyl (C=O) groups is 2. The molecule has 1 heterocycles. The molecule has 1 aromatic carbocycles. The summed E-state index contributed by atoms with van der Waals surface area (Å²) in [6.07, 6.45) is 4.60. The molecule has 0 atom stereocenters. The lowest BCUT2D eigenvalue weighted by molar-refractivity contribution is -0.120. The molecule has 124 valence electrons. The minimum atomic E-state index is -3.45. The van der Waals surface area contributed by atoms with E-state index in [9.17, 15) is 18.0 Å². The molecule has 1 aromatic rings. The van der Waals surface area contributed by atoms with E-state index in [1.165, 1.54) is 0 Å². The van der Waals surface area contributed by atoms with E-state index in [-0.39, 0.29) is 5.91 Å². The minimum Gasteiger partial charge on any atom is -0.326 e. The highest BCUT2D eigenvalue weighted by atomic mass is 32.2. The molecule has 0 bridgehead atoms. The van der Waals surface area contributed by atoms with Gasteiger partial charge in [-0.2, -0.15) is 0 Å². The number of benzene rings is 1. The smallest absolute Gasteiger partial charge is 0.245 e. The number of aryl methyl sites for hydroxylation is 1. The van der Waals surface area contributed by atoms with E-state index in [2.05, 4.69) is 10.6 Å². The first kappa shape index (κ1) is 16.0. The lowest BCUT2D eigenvalue weighted by Crippen LogP contribution is -2.54. The molecule has 6 nitrogen and oxygen atoms in total. The van der Waals surface area contributed by atoms with Crippen molar-refractivity contribution >= 4 is 33.0 Å². The number of hydrogen-bond donors (Lipinski definition) is 2. The van der Waals surface area contributed by atoms with Crippen LogP contribution in [0.2, 0.25) is 0 Å². The van der Waals surface area contributed by atoms with E-state index in [1.807, 2.05) is 6.07 Å². The summed E-state index contributed by atoms with van der Waals surface area (Å²) in [4.78, 5) is 24.0. The van der Waals surface area contributed by atoms with E-state index in [0.717, 1.165) is 36.8 Å². The number of amides is 2. The fourth-order valence-corrected chi connectivity index (χ4v) is 4.58. The Labute approximate surface area is 135 Å². The standard InChI is InChI=1S/C16H20N2O4S/c1-23(21,22)16(8-3-9-16)15(20)17-12-6-7-13-11(10-12)4-2-5-14(19)18-13/h6-7,10H,2-5,8-9H2,1H3,(H,17,20)(H,18,19). The zero-order valence-corrected chi connectivity index (χ0v) is 13.8. The Morgan fingerprint density at radius 1 is 1.22 bits per heavy atom. The molecule has 23 heavy (non-hydrogen) atoms. The predicted octanol–water partition coefficient (Wildman–Crippen LogP) is 1.87. The molecule has 1 saturated carbocycles. The largest absolute Gasteiger partial charge is 0.326 e. The van der Waals surface area contributed by atoms with Gasteiger partial charge in [-0.3, -0.25) is 9.59 Å². The zero-order valence-electron chi connectivity index (χ0n) is 13.0. The Morgan fingerprint density at radius 3 is 2.57 bits per heavy atom. The van der Waals surface area contributed by atoms with Crippen LogP contribution in [0.15, 0.2) is 18.2 Å². The van der Waals surface area contributed by atoms with Crippen molar-refractivity contribution in [2.45, 2.75) is 43.3 Å². The van der Waals surface area contributed by atoms with Crippen molar-refractivity contribution in [2.75, 3.05) is 16.9 Å². The summed E-state index contributed by atoms with van der Waals surface area (Å²) in [7, 11) is -3.45. The molecule has 1 aliphatic carbocycles. The molecule has 0 saturated heterocycles. The molecule has 0 spiro atoms. The molecular weight excluding hydrogens is 316 g/mol. The quantitative estimate of drug-likeness (QED) is 0.881. The van der Waals surface area contributed by atoms with Gasteiger partial charge >= 0.3 is 0 Å². The number of carbonyl (C=O) groups excluding carboxylic acids is 2. The molecule has 1 fully saturated rings. The van der Waals surface area contributed by atoms with Crippen LogP contribution in [0.3, 0.4) is 0 Å². The predicted molar refractivity (Wildman–Crippen MR) is 88.1 cm³/mol. The molecule has 1 aliphatic heterocycles. The van der Waals surface area contributed by atoms with Crippen molar-refractivity contribution < 1.29 is 18.0 Å². The van der Waals surface area contributed by atoms with Crippen LogP contribution in [0.1, 0.15) is 37.7 Å². The van der Waals surface area contributed by atoms with E-state index in [1.54, 1.807) is 12.1 Å². The highest BCUT2D eigenvalue weighted by Gasteiger charge is 2.52. The van der Waals surface area contributed by atoms with Crippen molar-refractivity contribution in [3.63, 3.8) is 0 Å². The van der Waals surface area contributed by atoms with Crippen LogP contribution in [-0.2, 0) is 25.8 Å². The second kappa shape index (κ2) is 5.63. The van der Waals surface area contributed by atoms with Gasteiger partial charge in [0.1, 0.15) is 0 Å². The summed E-state index contributed by atoms with van der Waals surface area (Å²) >= 11 is 0. The second-order valence-corrected chi connectivity index (χ2v) is 8.67. The van der Waals surface area contributed by atoms with Crippen LogP contribution in [0.4, 0.5) is 11.4 Å². The van der Waals surface area contributed by atoms with Crippen molar-refractivity contribution in [2.24, 2.45) is 0 Å². The first-order chi connectivity index (χ1) is 10.8. The summed E-state index contributed by atoms with van der Waals surface area (Å²) in [6.45, 7) is 0. The van der Waals surface area contributed by atoms with Crippen LogP contribution < -0.4 is 10.6 Å². The summed E-state index contributed by atoms with van der Waals surface area (Å²) in [6, 6.07) is 5.26. The van der Waals surface area contributed by atoms with Crippen LogP contribution in [-0.4, -0.2) is 31.2 Å². The number of rotatable bonds is 3. The van der Waals surface area contributed by atoms with E-state index >= 15 is 0 Å². The number of hydrogen-bond acceptors (Lipinski definition) is 4. The van der Waals surface area contributed by atoms with Gasteiger partial charge in [-0.05, 0) is 55.9 Å². The van der Waals surface area contributed by atoms with Crippen LogP contribution in [0.5, 0.6) is 0 Å². The number of nitrogens with one attached hydrogen (secondary N) is 2. The van der Waals surface area contributed by atoms with Gasteiger partial charge in [0.25, 0.3) is 0 Å². The number of sulfone groups is 1. The maximum atomic E-state index is 12.5. The highest BCUT2D eigenvalue weighted by molar-refractivity contribution is 7.93. The first-order valence-corrected chi connectivity index (χ1v) is 9.65. The molecule has 3 rings (SSSR count). The van der Waals surface area contributed by atoms with Gasteiger partial charge in [0, 0.05) is 24.1 Å². The Balaban J connectivity index is 1.82. The van der Waals surface area contributed by atoms with E-state index in [4.69, 9.17) is 0 Å². The SMILES string of the molecule is CS(=O)(=O)C1(C(=O)Nc2ccc3c(c2)CCCC(=O)N3)CCC1. The van der Waals surface area contributed by atoms with Gasteiger partial charge in [0.15, 0.2) is 14.6 Å². The Kier molecular flexibility index (Phi) is 3.91. The topological polar surface area (TPSA) is 92.3 Å². The van der Waals surface area contributed by atoms with Crippen LogP contribution >= 0.6 is 0 Å². The van der Waals surface area contributed by atoms with Crippen molar-refractivity contribution in [3.8, 4) is 0 Å². The fourth-order valence-electron chi connectivity index (χ4n) is 3.16. The number of anilines is 2. The summed E-state index contributed by atoms with van der Waals surface area (Å²) in [5.74, 6) is -0.463. The fraction of sp³-hybridized carbons (Fsp3) is 0.500. The van der Waals surface area contributed by atoms with E-state index in [0.29, 0.717) is 24.9 Å². The van der Waals surface area contributed by atoms with E-state index < -0.39 is 20.5 Å². The average Bonchev–Trinajstić information content (AvgIpc) is 2.55. The zero-order chi connectivity index (χ0) is 16.7. The maximum absolute atomic E-state index is 12.5. The normalized spacial score (nSPS) is 19.8. The molecule has 2 N–H and O–H groups in total. The molecule has 2 amide bonds. The third kappa shape index (κ3) is 2.85. The van der Waals surface area contributed by atoms with Gasteiger partial charge in [0.05, 0.1) is 0 Å². The average molecular weight is 336 g/mol. The highest BCUT2D eigenvalue weighted by Crippen LogP contribution is 2.40. The molecular formula is C16H20N2O4S. The molecule has 0 radical (unpaired) electrons. The van der Waals surface area contributed by atoms with Gasteiger partial charge < -0.3 is 10.6 Å². The first-order valence-electron chi connectivity index (χ1n) is 7.76. The van der Waals surface area contributed by atoms with Crippen LogP contribution in [0, 0.1) is 0 Å². The molecule has 2 aliphatic rings. The maximum Gasteiger partial charge on any atom is 0.245 e. The summed E-state index contributed by atoms with van der Waals surface area (Å²) < 4.78 is 22.7. The second-order valence-electron chi connectivity index (χ2n) is 6.35.